The molecular weight excluding hydrogens is 196 g/mol. The van der Waals surface area contributed by atoms with Gasteiger partial charge in [0.05, 0.1) is 0 Å². The third kappa shape index (κ3) is 2.33. The first-order valence-electron chi connectivity index (χ1n) is 4.54. The maximum absolute atomic E-state index is 11.5. The van der Waals surface area contributed by atoms with Gasteiger partial charge in [0.1, 0.15) is 0 Å². The van der Waals surface area contributed by atoms with Gasteiger partial charge in [-0.1, -0.05) is 17.9 Å². The monoisotopic (exact) mass is 212 g/mol. The van der Waals surface area contributed by atoms with E-state index >= 15 is 0 Å². The summed E-state index contributed by atoms with van der Waals surface area (Å²) in [7, 11) is 1.87. The van der Waals surface area contributed by atoms with Crippen molar-refractivity contribution in [1.29, 1.82) is 0 Å². The van der Waals surface area contributed by atoms with Crippen molar-refractivity contribution in [2.24, 2.45) is 0 Å². The van der Waals surface area contributed by atoms with Gasteiger partial charge in [-0.3, -0.25) is 9.36 Å². The van der Waals surface area contributed by atoms with Crippen LogP contribution >= 0.6 is 11.3 Å². The van der Waals surface area contributed by atoms with Gasteiger partial charge in [-0.15, -0.1) is 0 Å². The molecule has 1 N–H and O–H groups in total. The molecule has 0 spiro atoms. The predicted octanol–water partition coefficient (Wildman–Crippen LogP) is 1.30. The van der Waals surface area contributed by atoms with Crippen molar-refractivity contribution >= 4 is 11.3 Å². The van der Waals surface area contributed by atoms with Gasteiger partial charge in [-0.05, 0) is 26.5 Å². The summed E-state index contributed by atoms with van der Waals surface area (Å²) in [6.45, 7) is 9.23. The molecule has 0 saturated heterocycles. The Morgan fingerprint density at radius 2 is 2.21 bits per heavy atom. The van der Waals surface area contributed by atoms with E-state index in [1.807, 2.05) is 20.9 Å². The summed E-state index contributed by atoms with van der Waals surface area (Å²) < 4.78 is 1.78. The minimum atomic E-state index is 0.109. The van der Waals surface area contributed by atoms with Crippen molar-refractivity contribution in [3.63, 3.8) is 0 Å². The second-order valence-corrected chi connectivity index (χ2v) is 4.54. The Labute approximate surface area is 88.1 Å². The maximum Gasteiger partial charge on any atom is 0.307 e. The molecule has 0 atom stereocenters. The normalized spacial score (nSPS) is 10.5. The summed E-state index contributed by atoms with van der Waals surface area (Å²) in [5.41, 5.74) is 2.08. The second kappa shape index (κ2) is 4.57. The highest BCUT2D eigenvalue weighted by molar-refractivity contribution is 7.09. The summed E-state index contributed by atoms with van der Waals surface area (Å²) in [5, 5.41) is 3.02. The van der Waals surface area contributed by atoms with Crippen molar-refractivity contribution in [3.8, 4) is 0 Å². The Balaban J connectivity index is 2.86. The lowest BCUT2D eigenvalue weighted by Gasteiger charge is -2.07. The van der Waals surface area contributed by atoms with Crippen LogP contribution in [0.15, 0.2) is 16.9 Å². The fourth-order valence-corrected chi connectivity index (χ4v) is 2.13. The van der Waals surface area contributed by atoms with E-state index in [2.05, 4.69) is 11.9 Å². The van der Waals surface area contributed by atoms with E-state index in [-0.39, 0.29) is 4.87 Å². The molecule has 0 aliphatic rings. The largest absolute Gasteiger partial charge is 0.316 e. The van der Waals surface area contributed by atoms with Gasteiger partial charge in [0.25, 0.3) is 0 Å². The van der Waals surface area contributed by atoms with Crippen LogP contribution in [-0.2, 0) is 6.54 Å². The van der Waals surface area contributed by atoms with E-state index in [4.69, 9.17) is 0 Å². The van der Waals surface area contributed by atoms with E-state index in [0.29, 0.717) is 6.54 Å². The molecule has 0 saturated carbocycles. The Hall–Kier alpha value is -0.870. The Kier molecular flexibility index (Phi) is 3.66. The van der Waals surface area contributed by atoms with Gasteiger partial charge >= 0.3 is 4.87 Å². The van der Waals surface area contributed by atoms with Gasteiger partial charge in [-0.2, -0.15) is 0 Å². The van der Waals surface area contributed by atoms with E-state index < -0.39 is 0 Å². The number of aryl methyl sites for hydroxylation is 1. The van der Waals surface area contributed by atoms with Gasteiger partial charge in [0.2, 0.25) is 0 Å². The SMILES string of the molecule is C=C(CNC)Cn1c(C)c(C)sc1=O. The zero-order valence-corrected chi connectivity index (χ0v) is 9.70. The predicted molar refractivity (Wildman–Crippen MR) is 61.1 cm³/mol. The van der Waals surface area contributed by atoms with Gasteiger partial charge < -0.3 is 5.32 Å². The average molecular weight is 212 g/mol. The molecule has 0 aliphatic carbocycles. The van der Waals surface area contributed by atoms with Crippen LogP contribution in [0, 0.1) is 13.8 Å². The zero-order valence-electron chi connectivity index (χ0n) is 8.89. The third-order valence-electron chi connectivity index (χ3n) is 2.18. The highest BCUT2D eigenvalue weighted by Gasteiger charge is 2.07. The first-order valence-corrected chi connectivity index (χ1v) is 5.36. The number of likely N-dealkylation sites (N-methyl/N-ethyl adjacent to an activating group) is 1. The Bertz CT molecular complexity index is 389. The summed E-state index contributed by atoms with van der Waals surface area (Å²) in [5.74, 6) is 0. The molecule has 0 unspecified atom stereocenters. The van der Waals surface area contributed by atoms with Crippen molar-refractivity contribution in [2.75, 3.05) is 13.6 Å². The zero-order chi connectivity index (χ0) is 10.7. The van der Waals surface area contributed by atoms with E-state index in [1.54, 1.807) is 4.57 Å². The maximum atomic E-state index is 11.5. The molecule has 3 nitrogen and oxygen atoms in total. The molecule has 1 heterocycles. The molecule has 0 radical (unpaired) electrons. The van der Waals surface area contributed by atoms with Crippen LogP contribution < -0.4 is 10.2 Å². The average Bonchev–Trinajstić information content (AvgIpc) is 2.33. The molecule has 1 aromatic rings. The van der Waals surface area contributed by atoms with Crippen molar-refractivity contribution in [2.45, 2.75) is 20.4 Å². The molecule has 4 heteroatoms. The van der Waals surface area contributed by atoms with Crippen LogP contribution in [-0.4, -0.2) is 18.2 Å². The molecule has 0 aromatic carbocycles. The van der Waals surface area contributed by atoms with Crippen molar-refractivity contribution in [1.82, 2.24) is 9.88 Å². The smallest absolute Gasteiger partial charge is 0.307 e. The number of rotatable bonds is 4. The van der Waals surface area contributed by atoms with Gasteiger partial charge in [-0.25, -0.2) is 0 Å². The van der Waals surface area contributed by atoms with Crippen molar-refractivity contribution < 1.29 is 0 Å². The van der Waals surface area contributed by atoms with Crippen LogP contribution in [0.1, 0.15) is 10.6 Å². The number of hydrogen-bond acceptors (Lipinski definition) is 3. The van der Waals surface area contributed by atoms with E-state index in [9.17, 15) is 4.79 Å². The highest BCUT2D eigenvalue weighted by Crippen LogP contribution is 2.10. The lowest BCUT2D eigenvalue weighted by atomic mass is 10.3. The van der Waals surface area contributed by atoms with Crippen LogP contribution in [0.5, 0.6) is 0 Å². The minimum Gasteiger partial charge on any atom is -0.316 e. The summed E-state index contributed by atoms with van der Waals surface area (Å²) in [4.78, 5) is 12.7. The summed E-state index contributed by atoms with van der Waals surface area (Å²) in [6, 6.07) is 0. The van der Waals surface area contributed by atoms with E-state index in [1.165, 1.54) is 11.3 Å². The van der Waals surface area contributed by atoms with Crippen LogP contribution in [0.25, 0.3) is 0 Å². The fraction of sp³-hybridized carbons (Fsp3) is 0.500. The lowest BCUT2D eigenvalue weighted by Crippen LogP contribution is -2.20. The number of thiazole rings is 1. The molecule has 0 fully saturated rings. The summed E-state index contributed by atoms with van der Waals surface area (Å²) >= 11 is 1.30. The topological polar surface area (TPSA) is 34.0 Å². The van der Waals surface area contributed by atoms with Gasteiger partial charge in [0, 0.05) is 23.7 Å². The molecule has 14 heavy (non-hydrogen) atoms. The molecule has 1 aromatic heterocycles. The third-order valence-corrected chi connectivity index (χ3v) is 3.18. The lowest BCUT2D eigenvalue weighted by molar-refractivity contribution is 0.706. The Morgan fingerprint density at radius 1 is 1.57 bits per heavy atom. The standard InChI is InChI=1S/C10H16N2OS/c1-7(5-11-4)6-12-8(2)9(3)14-10(12)13/h11H,1,5-6H2,2-4H3. The molecule has 78 valence electrons. The molecule has 0 amide bonds. The number of hydrogen-bond donors (Lipinski definition) is 1. The van der Waals surface area contributed by atoms with Crippen LogP contribution in [0.2, 0.25) is 0 Å². The molecule has 0 aliphatic heterocycles. The highest BCUT2D eigenvalue weighted by atomic mass is 32.1. The molecule has 0 bridgehead atoms. The second-order valence-electron chi connectivity index (χ2n) is 3.38. The fourth-order valence-electron chi connectivity index (χ4n) is 1.30. The van der Waals surface area contributed by atoms with Crippen LogP contribution in [0.4, 0.5) is 0 Å². The number of aromatic nitrogens is 1. The summed E-state index contributed by atoms with van der Waals surface area (Å²) in [6.07, 6.45) is 0. The quantitative estimate of drug-likeness (QED) is 0.763. The molecular formula is C10H16N2OS. The van der Waals surface area contributed by atoms with Crippen molar-refractivity contribution in [3.05, 3.63) is 32.4 Å². The minimum absolute atomic E-state index is 0.109. The van der Waals surface area contributed by atoms with Crippen LogP contribution in [0.3, 0.4) is 0 Å². The Morgan fingerprint density at radius 3 is 2.64 bits per heavy atom. The van der Waals surface area contributed by atoms with Gasteiger partial charge in [0.15, 0.2) is 0 Å². The first kappa shape index (κ1) is 11.2. The number of nitrogens with one attached hydrogen (secondary N) is 1. The van der Waals surface area contributed by atoms with E-state index in [0.717, 1.165) is 22.7 Å². The number of nitrogens with zero attached hydrogens (tertiary/aromatic N) is 1. The first-order chi connectivity index (χ1) is 6.56. The molecule has 1 rings (SSSR count).